The summed E-state index contributed by atoms with van der Waals surface area (Å²) in [6, 6.07) is 21.5. The predicted molar refractivity (Wildman–Crippen MR) is 134 cm³/mol. The van der Waals surface area contributed by atoms with Gasteiger partial charge in [0.15, 0.2) is 12.4 Å². The van der Waals surface area contributed by atoms with Gasteiger partial charge in [-0.05, 0) is 23.8 Å². The lowest BCUT2D eigenvalue weighted by molar-refractivity contribution is -0.671. The molecule has 1 aliphatic heterocycles. The van der Waals surface area contributed by atoms with Crippen molar-refractivity contribution in [1.82, 2.24) is 9.56 Å². The SMILES string of the molecule is CN(C)c1ccc2c(-c3ccc(-c4c[n+](C)ccn4)cc3)c3ccc(=[N+](C)C)cc-3oc2c1. The zero-order chi connectivity index (χ0) is 23.1. The van der Waals surface area contributed by atoms with Gasteiger partial charge in [-0.2, -0.15) is 0 Å². The van der Waals surface area contributed by atoms with Crippen molar-refractivity contribution in [3.63, 3.8) is 0 Å². The average molecular weight is 437 g/mol. The Labute approximate surface area is 193 Å². The molecule has 2 heterocycles. The third-order valence-corrected chi connectivity index (χ3v) is 6.03. The Morgan fingerprint density at radius 1 is 0.909 bits per heavy atom. The lowest BCUT2D eigenvalue weighted by Crippen LogP contribution is -2.26. The fraction of sp³-hybridized carbons (Fsp3) is 0.179. The van der Waals surface area contributed by atoms with E-state index in [9.17, 15) is 0 Å². The number of hydrogen-bond donors (Lipinski definition) is 0. The molecule has 2 aliphatic rings. The molecule has 0 spiro atoms. The molecular weight excluding hydrogens is 408 g/mol. The molecule has 0 radical (unpaired) electrons. The van der Waals surface area contributed by atoms with Gasteiger partial charge in [0.1, 0.15) is 38.2 Å². The van der Waals surface area contributed by atoms with Crippen LogP contribution in [0.25, 0.3) is 44.7 Å². The summed E-state index contributed by atoms with van der Waals surface area (Å²) >= 11 is 0. The van der Waals surface area contributed by atoms with E-state index in [2.05, 4.69) is 75.1 Å². The summed E-state index contributed by atoms with van der Waals surface area (Å²) in [7, 11) is 10.2. The van der Waals surface area contributed by atoms with Crippen LogP contribution >= 0.6 is 0 Å². The van der Waals surface area contributed by atoms with Crippen LogP contribution in [0, 0.1) is 0 Å². The number of benzene rings is 3. The molecule has 2 aromatic carbocycles. The van der Waals surface area contributed by atoms with Crippen LogP contribution in [0.4, 0.5) is 5.69 Å². The van der Waals surface area contributed by atoms with E-state index in [4.69, 9.17) is 4.42 Å². The molecule has 164 valence electrons. The number of rotatable bonds is 3. The monoisotopic (exact) mass is 436 g/mol. The van der Waals surface area contributed by atoms with E-state index in [1.54, 1.807) is 0 Å². The first-order valence-corrected chi connectivity index (χ1v) is 11.0. The Morgan fingerprint density at radius 3 is 2.36 bits per heavy atom. The molecule has 5 nitrogen and oxygen atoms in total. The number of anilines is 1. The maximum atomic E-state index is 6.43. The van der Waals surface area contributed by atoms with Crippen LogP contribution in [0.1, 0.15) is 0 Å². The molecule has 0 saturated heterocycles. The summed E-state index contributed by atoms with van der Waals surface area (Å²) in [6.07, 6.45) is 5.80. The molecule has 5 rings (SSSR count). The van der Waals surface area contributed by atoms with Gasteiger partial charge in [-0.15, -0.1) is 0 Å². The highest BCUT2D eigenvalue weighted by Gasteiger charge is 2.19. The third-order valence-electron chi connectivity index (χ3n) is 6.03. The van der Waals surface area contributed by atoms with Crippen LogP contribution in [0.3, 0.4) is 0 Å². The van der Waals surface area contributed by atoms with Gasteiger partial charge in [-0.25, -0.2) is 14.1 Å². The molecule has 0 unspecified atom stereocenters. The molecule has 0 saturated carbocycles. The topological polar surface area (TPSA) is 36.2 Å². The van der Waals surface area contributed by atoms with Crippen molar-refractivity contribution < 1.29 is 8.98 Å². The van der Waals surface area contributed by atoms with Gasteiger partial charge in [-0.1, -0.05) is 24.3 Å². The van der Waals surface area contributed by atoms with Crippen molar-refractivity contribution in [3.05, 3.63) is 84.6 Å². The lowest BCUT2D eigenvalue weighted by Gasteiger charge is -2.18. The molecule has 0 fully saturated rings. The molecule has 0 atom stereocenters. The van der Waals surface area contributed by atoms with Crippen molar-refractivity contribution in [2.24, 2.45) is 7.05 Å². The van der Waals surface area contributed by atoms with Gasteiger partial charge in [-0.3, -0.25) is 0 Å². The Kier molecular flexibility index (Phi) is 5.17. The van der Waals surface area contributed by atoms with Gasteiger partial charge < -0.3 is 9.32 Å². The molecule has 0 N–H and O–H groups in total. The highest BCUT2D eigenvalue weighted by Crippen LogP contribution is 2.41. The zero-order valence-electron chi connectivity index (χ0n) is 19.7. The quantitative estimate of drug-likeness (QED) is 0.314. The second kappa shape index (κ2) is 8.17. The minimum absolute atomic E-state index is 0.875. The first-order valence-electron chi connectivity index (χ1n) is 11.0. The summed E-state index contributed by atoms with van der Waals surface area (Å²) in [5.41, 5.74) is 7.46. The summed E-state index contributed by atoms with van der Waals surface area (Å²) < 4.78 is 10.5. The number of aromatic nitrogens is 2. The molecule has 1 aromatic heterocycles. The van der Waals surface area contributed by atoms with Gasteiger partial charge in [0.25, 0.3) is 0 Å². The maximum absolute atomic E-state index is 6.43. The van der Waals surface area contributed by atoms with Gasteiger partial charge in [0.2, 0.25) is 5.36 Å². The first-order chi connectivity index (χ1) is 15.9. The summed E-state index contributed by atoms with van der Waals surface area (Å²) in [5.74, 6) is 0.875. The lowest BCUT2D eigenvalue weighted by atomic mass is 9.93. The fourth-order valence-corrected chi connectivity index (χ4v) is 4.18. The average Bonchev–Trinajstić information content (AvgIpc) is 2.81. The highest BCUT2D eigenvalue weighted by atomic mass is 16.3. The standard InChI is InChI=1S/C28H28N4O/c1-30(2)21-10-12-23-26(16-21)33-27-17-22(31(3)4)11-13-24(27)28(23)20-8-6-19(7-9-20)25-18-32(5)15-14-29-25/h6-18H,1-5H3/q+2. The number of hydrogen-bond acceptors (Lipinski definition) is 3. The van der Waals surface area contributed by atoms with E-state index < -0.39 is 0 Å². The van der Waals surface area contributed by atoms with E-state index in [0.717, 1.165) is 50.2 Å². The van der Waals surface area contributed by atoms with Crippen molar-refractivity contribution in [3.8, 4) is 33.7 Å². The third kappa shape index (κ3) is 3.87. The number of aryl methyl sites for hydroxylation is 1. The molecule has 0 amide bonds. The van der Waals surface area contributed by atoms with E-state index in [1.165, 1.54) is 5.56 Å². The van der Waals surface area contributed by atoms with Crippen LogP contribution in [0.15, 0.2) is 83.7 Å². The van der Waals surface area contributed by atoms with Crippen LogP contribution < -0.4 is 19.4 Å². The number of fused-ring (bicyclic) bond motifs is 2. The van der Waals surface area contributed by atoms with Crippen molar-refractivity contribution in [2.45, 2.75) is 0 Å². The molecule has 3 aromatic rings. The smallest absolute Gasteiger partial charge is 0.203 e. The summed E-state index contributed by atoms with van der Waals surface area (Å²) in [6.45, 7) is 0. The normalized spacial score (nSPS) is 11.2. The Bertz CT molecular complexity index is 1510. The minimum atomic E-state index is 0.875. The van der Waals surface area contributed by atoms with E-state index in [-0.39, 0.29) is 0 Å². The van der Waals surface area contributed by atoms with Crippen molar-refractivity contribution in [2.75, 3.05) is 33.1 Å². The number of nitrogens with zero attached hydrogens (tertiary/aromatic N) is 4. The van der Waals surface area contributed by atoms with Gasteiger partial charge >= 0.3 is 0 Å². The van der Waals surface area contributed by atoms with Crippen LogP contribution in [0.2, 0.25) is 0 Å². The second-order valence-electron chi connectivity index (χ2n) is 8.81. The molecular formula is C28H28N4O+2. The zero-order valence-corrected chi connectivity index (χ0v) is 19.7. The predicted octanol–water partition coefficient (Wildman–Crippen LogP) is 4.19. The Hall–Kier alpha value is -3.99. The Morgan fingerprint density at radius 2 is 1.67 bits per heavy atom. The van der Waals surface area contributed by atoms with Crippen molar-refractivity contribution >= 4 is 16.7 Å². The second-order valence-corrected chi connectivity index (χ2v) is 8.81. The van der Waals surface area contributed by atoms with E-state index >= 15 is 0 Å². The van der Waals surface area contributed by atoms with Crippen LogP contribution in [-0.2, 0) is 7.05 Å². The highest BCUT2D eigenvalue weighted by molar-refractivity contribution is 6.02. The van der Waals surface area contributed by atoms with Crippen LogP contribution in [0.5, 0.6) is 0 Å². The molecule has 0 bridgehead atoms. The van der Waals surface area contributed by atoms with E-state index in [0.29, 0.717) is 0 Å². The van der Waals surface area contributed by atoms with E-state index in [1.807, 2.05) is 58.4 Å². The minimum Gasteiger partial charge on any atom is -0.456 e. The largest absolute Gasteiger partial charge is 0.456 e. The summed E-state index contributed by atoms with van der Waals surface area (Å²) in [5, 5.41) is 2.21. The van der Waals surface area contributed by atoms with Gasteiger partial charge in [0, 0.05) is 54.0 Å². The van der Waals surface area contributed by atoms with Gasteiger partial charge in [0.05, 0.1) is 12.3 Å². The fourth-order valence-electron chi connectivity index (χ4n) is 4.18. The van der Waals surface area contributed by atoms with Crippen LogP contribution in [-0.4, -0.2) is 33.2 Å². The molecule has 1 aliphatic carbocycles. The molecule has 5 heteroatoms. The van der Waals surface area contributed by atoms with Crippen molar-refractivity contribution in [1.29, 1.82) is 0 Å². The first kappa shape index (κ1) is 20.9. The summed E-state index contributed by atoms with van der Waals surface area (Å²) in [4.78, 5) is 6.61. The Balaban J connectivity index is 1.75. The maximum Gasteiger partial charge on any atom is 0.203 e. The molecule has 33 heavy (non-hydrogen) atoms.